The number of hydrogen-bond acceptors (Lipinski definition) is 5. The minimum Gasteiger partial charge on any atom is -0.374 e. The molecule has 0 aliphatic carbocycles. The smallest absolute Gasteiger partial charge is 0.274 e. The maximum absolute atomic E-state index is 12.3. The number of morpholine rings is 1. The molecule has 96 valence electrons. The van der Waals surface area contributed by atoms with Crippen LogP contribution in [0.15, 0.2) is 12.1 Å². The van der Waals surface area contributed by atoms with Gasteiger partial charge in [0.05, 0.1) is 18.8 Å². The predicted molar refractivity (Wildman–Crippen MR) is 65.5 cm³/mol. The minimum absolute atomic E-state index is 0.0383. The number of aromatic nitrogens is 2. The highest BCUT2D eigenvalue weighted by molar-refractivity contribution is 5.92. The van der Waals surface area contributed by atoms with Crippen molar-refractivity contribution in [2.45, 2.75) is 18.6 Å². The molecule has 3 rings (SSSR count). The van der Waals surface area contributed by atoms with E-state index in [1.54, 1.807) is 6.07 Å². The lowest BCUT2D eigenvalue weighted by Gasteiger charge is -2.26. The van der Waals surface area contributed by atoms with Crippen LogP contribution in [0.5, 0.6) is 0 Å². The number of ether oxygens (including phenoxy) is 1. The van der Waals surface area contributed by atoms with Crippen LogP contribution in [0.2, 0.25) is 0 Å². The maximum atomic E-state index is 12.3. The summed E-state index contributed by atoms with van der Waals surface area (Å²) in [5.74, 6) is 0.710. The van der Waals surface area contributed by atoms with Crippen molar-refractivity contribution in [3.05, 3.63) is 17.8 Å². The summed E-state index contributed by atoms with van der Waals surface area (Å²) in [5, 5.41) is 8.03. The molecule has 0 N–H and O–H groups in total. The van der Waals surface area contributed by atoms with Crippen LogP contribution in [0, 0.1) is 0 Å². The molecule has 2 unspecified atom stereocenters. The lowest BCUT2D eigenvalue weighted by molar-refractivity contribution is 0.0255. The zero-order valence-electron chi connectivity index (χ0n) is 10.5. The first-order valence-corrected chi connectivity index (χ1v) is 6.09. The van der Waals surface area contributed by atoms with Gasteiger partial charge in [0, 0.05) is 20.6 Å². The molecule has 1 amide bonds. The number of anilines is 1. The fraction of sp³-hybridized carbons (Fsp3) is 0.583. The second kappa shape index (κ2) is 4.20. The first-order valence-electron chi connectivity index (χ1n) is 6.09. The summed E-state index contributed by atoms with van der Waals surface area (Å²) in [6.45, 7) is 1.33. The Hall–Kier alpha value is -1.69. The van der Waals surface area contributed by atoms with Gasteiger partial charge in [-0.25, -0.2) is 0 Å². The van der Waals surface area contributed by atoms with Crippen LogP contribution in [0.1, 0.15) is 16.9 Å². The van der Waals surface area contributed by atoms with Crippen molar-refractivity contribution in [2.75, 3.05) is 32.1 Å². The summed E-state index contributed by atoms with van der Waals surface area (Å²) in [6.07, 6.45) is 1.17. The van der Waals surface area contributed by atoms with Gasteiger partial charge in [0.2, 0.25) is 0 Å². The standard InChI is InChI=1S/C12H16N4O2/c1-15(2)11-4-3-10(13-14-11)12(17)16-6-9-5-8(16)7-18-9/h3-4,8-9H,5-7H2,1-2H3. The third kappa shape index (κ3) is 1.82. The number of amides is 1. The Labute approximate surface area is 106 Å². The molecule has 1 aromatic heterocycles. The van der Waals surface area contributed by atoms with E-state index in [2.05, 4.69) is 10.2 Å². The van der Waals surface area contributed by atoms with Gasteiger partial charge < -0.3 is 14.5 Å². The molecule has 2 aliphatic heterocycles. The Balaban J connectivity index is 1.76. The van der Waals surface area contributed by atoms with Crippen LogP contribution in [-0.2, 0) is 4.74 Å². The van der Waals surface area contributed by atoms with Crippen LogP contribution in [0.25, 0.3) is 0 Å². The van der Waals surface area contributed by atoms with E-state index in [4.69, 9.17) is 4.74 Å². The molecule has 0 saturated carbocycles. The molecule has 1 aromatic rings. The minimum atomic E-state index is -0.0383. The molecule has 0 aromatic carbocycles. The van der Waals surface area contributed by atoms with Crippen LogP contribution in [0.4, 0.5) is 5.82 Å². The normalized spacial score (nSPS) is 25.6. The second-order valence-electron chi connectivity index (χ2n) is 4.97. The molecule has 0 spiro atoms. The van der Waals surface area contributed by atoms with Gasteiger partial charge in [-0.3, -0.25) is 4.79 Å². The number of likely N-dealkylation sites (tertiary alicyclic amines) is 1. The van der Waals surface area contributed by atoms with E-state index >= 15 is 0 Å². The number of fused-ring (bicyclic) bond motifs is 2. The van der Waals surface area contributed by atoms with E-state index in [1.165, 1.54) is 0 Å². The molecule has 2 atom stereocenters. The zero-order valence-corrected chi connectivity index (χ0v) is 10.5. The molecular weight excluding hydrogens is 232 g/mol. The molecule has 0 radical (unpaired) electrons. The fourth-order valence-electron chi connectivity index (χ4n) is 2.47. The largest absolute Gasteiger partial charge is 0.374 e. The predicted octanol–water partition coefficient (Wildman–Crippen LogP) is 0.156. The summed E-state index contributed by atoms with van der Waals surface area (Å²) < 4.78 is 5.48. The van der Waals surface area contributed by atoms with Crippen LogP contribution < -0.4 is 4.90 Å². The third-order valence-corrected chi connectivity index (χ3v) is 3.49. The van der Waals surface area contributed by atoms with Crippen molar-refractivity contribution in [1.29, 1.82) is 0 Å². The van der Waals surface area contributed by atoms with Crippen LogP contribution >= 0.6 is 0 Å². The summed E-state index contributed by atoms with van der Waals surface area (Å²) in [6, 6.07) is 3.76. The second-order valence-corrected chi connectivity index (χ2v) is 4.97. The third-order valence-electron chi connectivity index (χ3n) is 3.49. The van der Waals surface area contributed by atoms with Crippen molar-refractivity contribution >= 4 is 11.7 Å². The number of nitrogens with zero attached hydrogens (tertiary/aromatic N) is 4. The van der Waals surface area contributed by atoms with Crippen molar-refractivity contribution in [1.82, 2.24) is 15.1 Å². The SMILES string of the molecule is CN(C)c1ccc(C(=O)N2CC3CC2CO3)nn1. The Morgan fingerprint density at radius 2 is 2.28 bits per heavy atom. The zero-order chi connectivity index (χ0) is 12.7. The van der Waals surface area contributed by atoms with Gasteiger partial charge in [-0.15, -0.1) is 10.2 Å². The van der Waals surface area contributed by atoms with E-state index in [0.29, 0.717) is 18.8 Å². The van der Waals surface area contributed by atoms with E-state index in [0.717, 1.165) is 12.2 Å². The first kappa shape index (κ1) is 11.4. The highest BCUT2D eigenvalue weighted by atomic mass is 16.5. The van der Waals surface area contributed by atoms with Gasteiger partial charge >= 0.3 is 0 Å². The van der Waals surface area contributed by atoms with Gasteiger partial charge in [-0.2, -0.15) is 0 Å². The van der Waals surface area contributed by atoms with Crippen LogP contribution in [0.3, 0.4) is 0 Å². The molecule has 6 nitrogen and oxygen atoms in total. The first-order chi connectivity index (χ1) is 8.65. The molecule has 2 fully saturated rings. The number of rotatable bonds is 2. The van der Waals surface area contributed by atoms with Gasteiger partial charge in [-0.05, 0) is 18.6 Å². The van der Waals surface area contributed by atoms with Crippen molar-refractivity contribution in [3.63, 3.8) is 0 Å². The van der Waals surface area contributed by atoms with E-state index in [-0.39, 0.29) is 18.1 Å². The Morgan fingerprint density at radius 3 is 2.78 bits per heavy atom. The van der Waals surface area contributed by atoms with E-state index < -0.39 is 0 Å². The molecule has 2 aliphatic rings. The fourth-order valence-corrected chi connectivity index (χ4v) is 2.47. The van der Waals surface area contributed by atoms with E-state index in [1.807, 2.05) is 30.0 Å². The molecule has 2 saturated heterocycles. The monoisotopic (exact) mass is 248 g/mol. The van der Waals surface area contributed by atoms with Crippen molar-refractivity contribution < 1.29 is 9.53 Å². The molecule has 3 heterocycles. The number of hydrogen-bond donors (Lipinski definition) is 0. The van der Waals surface area contributed by atoms with Crippen LogP contribution in [-0.4, -0.2) is 60.4 Å². The Morgan fingerprint density at radius 1 is 1.44 bits per heavy atom. The van der Waals surface area contributed by atoms with Gasteiger partial charge in [0.25, 0.3) is 5.91 Å². The topological polar surface area (TPSA) is 58.6 Å². The van der Waals surface area contributed by atoms with E-state index in [9.17, 15) is 4.79 Å². The average Bonchev–Trinajstić information content (AvgIpc) is 3.00. The highest BCUT2D eigenvalue weighted by Crippen LogP contribution is 2.28. The van der Waals surface area contributed by atoms with Gasteiger partial charge in [0.1, 0.15) is 0 Å². The molecular formula is C12H16N4O2. The lowest BCUT2D eigenvalue weighted by Crippen LogP contribution is -2.41. The summed E-state index contributed by atoms with van der Waals surface area (Å²) in [4.78, 5) is 16.0. The lowest BCUT2D eigenvalue weighted by atomic mass is 10.2. The Bertz CT molecular complexity index is 460. The molecule has 18 heavy (non-hydrogen) atoms. The summed E-state index contributed by atoms with van der Waals surface area (Å²) in [5.41, 5.74) is 0.410. The average molecular weight is 248 g/mol. The van der Waals surface area contributed by atoms with Crippen molar-refractivity contribution in [2.24, 2.45) is 0 Å². The van der Waals surface area contributed by atoms with Gasteiger partial charge in [-0.1, -0.05) is 0 Å². The number of carbonyl (C=O) groups is 1. The molecule has 2 bridgehead atoms. The quantitative estimate of drug-likeness (QED) is 0.746. The van der Waals surface area contributed by atoms with Crippen molar-refractivity contribution in [3.8, 4) is 0 Å². The summed E-state index contributed by atoms with van der Waals surface area (Å²) >= 11 is 0. The highest BCUT2D eigenvalue weighted by Gasteiger charge is 2.42. The molecule has 6 heteroatoms. The maximum Gasteiger partial charge on any atom is 0.274 e. The Kier molecular flexibility index (Phi) is 2.66. The number of carbonyl (C=O) groups excluding carboxylic acids is 1. The van der Waals surface area contributed by atoms with Gasteiger partial charge in [0.15, 0.2) is 11.5 Å². The summed E-state index contributed by atoms with van der Waals surface area (Å²) in [7, 11) is 3.78.